The van der Waals surface area contributed by atoms with Gasteiger partial charge in [0.15, 0.2) is 5.78 Å². The van der Waals surface area contributed by atoms with Crippen LogP contribution in [0.25, 0.3) is 0 Å². The molecule has 0 fully saturated rings. The Hall–Kier alpha value is -0.790. The van der Waals surface area contributed by atoms with Crippen molar-refractivity contribution >= 4 is 19.5 Å². The summed E-state index contributed by atoms with van der Waals surface area (Å²) in [4.78, 5) is 47.8. The summed E-state index contributed by atoms with van der Waals surface area (Å²) >= 11 is 0. The quantitative estimate of drug-likeness (QED) is 0.0434. The summed E-state index contributed by atoms with van der Waals surface area (Å²) in [5, 5.41) is 10.3. The lowest BCUT2D eigenvalue weighted by atomic mass is 10.0. The van der Waals surface area contributed by atoms with Crippen LogP contribution in [0.5, 0.6) is 0 Å². The van der Waals surface area contributed by atoms with Gasteiger partial charge >= 0.3 is 7.82 Å². The van der Waals surface area contributed by atoms with E-state index in [1.807, 2.05) is 0 Å². The van der Waals surface area contributed by atoms with Crippen molar-refractivity contribution in [3.63, 3.8) is 0 Å². The number of hydrogen-bond donors (Lipinski definition) is 4. The number of rotatable bonds is 31. The van der Waals surface area contributed by atoms with Gasteiger partial charge in [0.05, 0.1) is 6.54 Å². The van der Waals surface area contributed by atoms with Crippen LogP contribution >= 0.6 is 7.82 Å². The molecule has 8 nitrogen and oxygen atoms in total. The van der Waals surface area contributed by atoms with Gasteiger partial charge in [0, 0.05) is 19.9 Å². The molecule has 0 radical (unpaired) electrons. The van der Waals surface area contributed by atoms with E-state index >= 15 is 0 Å². The summed E-state index contributed by atoms with van der Waals surface area (Å²) in [5.74, 6) is -0.0652. The minimum absolute atomic E-state index is 0.0471. The number of aliphatic hydroxyl groups excluding tert-OH is 1. The van der Waals surface area contributed by atoms with Gasteiger partial charge in [-0.1, -0.05) is 168 Å². The first-order chi connectivity index (χ1) is 21.0. The van der Waals surface area contributed by atoms with Crippen LogP contribution in [-0.4, -0.2) is 56.1 Å². The number of ketones is 1. The van der Waals surface area contributed by atoms with E-state index in [4.69, 9.17) is 19.2 Å². The number of carbonyl (C=O) groups is 2. The minimum atomic E-state index is -4.64. The van der Waals surface area contributed by atoms with E-state index < -0.39 is 13.9 Å². The number of unbranched alkanes of at least 4 members (excludes halogenated alkanes) is 24. The highest BCUT2D eigenvalue weighted by atomic mass is 31.2. The normalized spacial score (nSPS) is 12.1. The van der Waals surface area contributed by atoms with Crippen molar-refractivity contribution in [3.05, 3.63) is 0 Å². The van der Waals surface area contributed by atoms with Crippen LogP contribution in [-0.2, 0) is 14.2 Å². The van der Waals surface area contributed by atoms with E-state index in [2.05, 4.69) is 13.8 Å². The highest BCUT2D eigenvalue weighted by molar-refractivity contribution is 7.45. The van der Waals surface area contributed by atoms with Gasteiger partial charge in [-0.25, -0.2) is 4.57 Å². The van der Waals surface area contributed by atoms with Gasteiger partial charge in [-0.15, -0.1) is 0 Å². The Morgan fingerprint density at radius 1 is 0.523 bits per heavy atom. The third kappa shape index (κ3) is 39.2. The molecule has 0 aliphatic heterocycles. The summed E-state index contributed by atoms with van der Waals surface area (Å²) in [6.07, 6.45) is 33.3. The molecule has 0 saturated heterocycles. The van der Waals surface area contributed by atoms with Gasteiger partial charge in [0.2, 0.25) is 5.91 Å². The Kier molecular flexibility index (Phi) is 34.6. The average Bonchev–Trinajstić information content (AvgIpc) is 2.96. The topological polar surface area (TPSA) is 135 Å². The Morgan fingerprint density at radius 3 is 1.07 bits per heavy atom. The molecule has 0 aromatic carbocycles. The molecule has 264 valence electrons. The van der Waals surface area contributed by atoms with Crippen LogP contribution in [0.4, 0.5) is 0 Å². The highest BCUT2D eigenvalue weighted by Gasteiger charge is 2.19. The predicted molar refractivity (Wildman–Crippen MR) is 184 cm³/mol. The van der Waals surface area contributed by atoms with Crippen LogP contribution in [0.3, 0.4) is 0 Å². The highest BCUT2D eigenvalue weighted by Crippen LogP contribution is 2.25. The SMILES string of the molecule is CCCCCCCCCCCCCCCC(=O)C(O)CN(C)C(=O)CCCCCCCCCCCCCCC.O=P(O)(O)O. The van der Waals surface area contributed by atoms with Crippen molar-refractivity contribution in [1.82, 2.24) is 4.90 Å². The maximum atomic E-state index is 12.4. The smallest absolute Gasteiger partial charge is 0.383 e. The lowest BCUT2D eigenvalue weighted by Gasteiger charge is -2.20. The molecule has 0 heterocycles. The molecule has 0 aliphatic carbocycles. The summed E-state index contributed by atoms with van der Waals surface area (Å²) in [6.45, 7) is 4.67. The van der Waals surface area contributed by atoms with Gasteiger partial charge in [-0.3, -0.25) is 9.59 Å². The van der Waals surface area contributed by atoms with E-state index in [-0.39, 0.29) is 18.2 Å². The van der Waals surface area contributed by atoms with E-state index in [9.17, 15) is 14.7 Å². The van der Waals surface area contributed by atoms with Crippen LogP contribution in [0.15, 0.2) is 0 Å². The molecule has 9 heteroatoms. The average molecular weight is 650 g/mol. The van der Waals surface area contributed by atoms with Gasteiger partial charge in [0.25, 0.3) is 0 Å². The molecular weight excluding hydrogens is 577 g/mol. The molecule has 0 bridgehead atoms. The van der Waals surface area contributed by atoms with E-state index in [1.165, 1.54) is 141 Å². The van der Waals surface area contributed by atoms with Gasteiger partial charge in [-0.05, 0) is 12.8 Å². The van der Waals surface area contributed by atoms with Crippen LogP contribution < -0.4 is 0 Å². The second kappa shape index (κ2) is 33.6. The van der Waals surface area contributed by atoms with Gasteiger partial charge in [0.1, 0.15) is 6.10 Å². The molecule has 1 amide bonds. The first-order valence-corrected chi connectivity index (χ1v) is 19.8. The van der Waals surface area contributed by atoms with Gasteiger partial charge in [-0.2, -0.15) is 0 Å². The molecule has 0 aromatic heterocycles. The van der Waals surface area contributed by atoms with Crippen molar-refractivity contribution in [2.75, 3.05) is 13.6 Å². The third-order valence-electron chi connectivity index (χ3n) is 8.27. The third-order valence-corrected chi connectivity index (χ3v) is 8.27. The van der Waals surface area contributed by atoms with Crippen molar-refractivity contribution in [2.24, 2.45) is 0 Å². The number of phosphoric acid groups is 1. The minimum Gasteiger partial charge on any atom is -0.383 e. The van der Waals surface area contributed by atoms with Crippen LogP contribution in [0.2, 0.25) is 0 Å². The molecule has 0 spiro atoms. The monoisotopic (exact) mass is 650 g/mol. The Balaban J connectivity index is 0. The largest absolute Gasteiger partial charge is 0.466 e. The van der Waals surface area contributed by atoms with E-state index in [0.717, 1.165) is 25.7 Å². The molecule has 1 unspecified atom stereocenters. The van der Waals surface area contributed by atoms with Crippen molar-refractivity contribution < 1.29 is 33.9 Å². The number of carbonyl (C=O) groups excluding carboxylic acids is 2. The second-order valence-corrected chi connectivity index (χ2v) is 13.8. The number of amides is 1. The Labute approximate surface area is 271 Å². The zero-order valence-electron chi connectivity index (χ0n) is 29.0. The Bertz CT molecular complexity index is 632. The molecule has 0 aromatic rings. The summed E-state index contributed by atoms with van der Waals surface area (Å²) < 4.78 is 8.88. The lowest BCUT2D eigenvalue weighted by molar-refractivity contribution is -0.134. The van der Waals surface area contributed by atoms with Crippen molar-refractivity contribution in [2.45, 2.75) is 200 Å². The molecule has 1 atom stereocenters. The Morgan fingerprint density at radius 2 is 0.773 bits per heavy atom. The fourth-order valence-corrected chi connectivity index (χ4v) is 5.43. The van der Waals surface area contributed by atoms with Crippen molar-refractivity contribution in [1.29, 1.82) is 0 Å². The summed E-state index contributed by atoms with van der Waals surface area (Å²) in [7, 11) is -2.92. The van der Waals surface area contributed by atoms with E-state index in [0.29, 0.717) is 12.8 Å². The fraction of sp³-hybridized carbons (Fsp3) is 0.943. The first-order valence-electron chi connectivity index (χ1n) is 18.3. The predicted octanol–water partition coefficient (Wildman–Crippen LogP) is 9.41. The molecular formula is C35H72NO7P. The van der Waals surface area contributed by atoms with Crippen molar-refractivity contribution in [3.8, 4) is 0 Å². The number of Topliss-reactive ketones (excluding diaryl/α,β-unsaturated/α-hetero) is 1. The number of aliphatic hydroxyl groups is 1. The first kappa shape index (κ1) is 45.3. The standard InChI is InChI=1S/C35H69NO3.H3O4P/c1-4-6-8-10-12-14-16-18-20-22-24-26-28-30-33(37)34(38)32-36(3)35(39)31-29-27-25-23-21-19-17-15-13-11-9-7-5-2;1-5(2,3)4/h34,38H,4-32H2,1-3H3;(H3,1,2,3,4). The van der Waals surface area contributed by atoms with Crippen LogP contribution in [0, 0.1) is 0 Å². The number of hydrogen-bond acceptors (Lipinski definition) is 4. The summed E-state index contributed by atoms with van der Waals surface area (Å²) in [5.41, 5.74) is 0. The zero-order chi connectivity index (χ0) is 33.3. The molecule has 0 rings (SSSR count). The van der Waals surface area contributed by atoms with Gasteiger partial charge < -0.3 is 24.7 Å². The molecule has 0 saturated carbocycles. The molecule has 0 aliphatic rings. The molecule has 44 heavy (non-hydrogen) atoms. The maximum absolute atomic E-state index is 12.4. The molecule has 4 N–H and O–H groups in total. The van der Waals surface area contributed by atoms with E-state index in [1.54, 1.807) is 11.9 Å². The summed E-state index contributed by atoms with van der Waals surface area (Å²) in [6, 6.07) is 0. The van der Waals surface area contributed by atoms with Crippen LogP contribution in [0.1, 0.15) is 194 Å². The lowest BCUT2D eigenvalue weighted by Crippen LogP contribution is -2.38. The number of nitrogens with zero attached hydrogens (tertiary/aromatic N) is 1. The zero-order valence-corrected chi connectivity index (χ0v) is 29.9. The maximum Gasteiger partial charge on any atom is 0.466 e. The number of likely N-dealkylation sites (N-methyl/N-ethyl adjacent to an activating group) is 1. The fourth-order valence-electron chi connectivity index (χ4n) is 5.43. The second-order valence-electron chi connectivity index (χ2n) is 12.8.